The van der Waals surface area contributed by atoms with E-state index in [9.17, 15) is 4.79 Å². The predicted octanol–water partition coefficient (Wildman–Crippen LogP) is 2.24. The van der Waals surface area contributed by atoms with Gasteiger partial charge in [-0.1, -0.05) is 30.3 Å². The third kappa shape index (κ3) is 3.36. The average Bonchev–Trinajstić information content (AvgIpc) is 3.30. The largest absolute Gasteiger partial charge is 0.334 e. The molecule has 5 nitrogen and oxygen atoms in total. The Morgan fingerprint density at radius 2 is 2.00 bits per heavy atom. The molecule has 1 saturated heterocycles. The SMILES string of the molecule is Cc1cnn(C2CN(CC(=O)N(Cc3ccccc3)C3CC3)C2)c1. The van der Waals surface area contributed by atoms with Crippen molar-refractivity contribution < 1.29 is 4.79 Å². The Morgan fingerprint density at radius 1 is 1.25 bits per heavy atom. The van der Waals surface area contributed by atoms with Gasteiger partial charge < -0.3 is 4.90 Å². The molecule has 1 amide bonds. The van der Waals surface area contributed by atoms with Gasteiger partial charge in [-0.15, -0.1) is 0 Å². The van der Waals surface area contributed by atoms with Crippen molar-refractivity contribution >= 4 is 5.91 Å². The fourth-order valence-corrected chi connectivity index (χ4v) is 3.34. The quantitative estimate of drug-likeness (QED) is 0.818. The number of hydrogen-bond acceptors (Lipinski definition) is 3. The van der Waals surface area contributed by atoms with Crippen LogP contribution >= 0.6 is 0 Å². The van der Waals surface area contributed by atoms with E-state index in [4.69, 9.17) is 0 Å². The number of hydrogen-bond donors (Lipinski definition) is 0. The first-order chi connectivity index (χ1) is 11.7. The van der Waals surface area contributed by atoms with E-state index in [-0.39, 0.29) is 5.91 Å². The van der Waals surface area contributed by atoms with Crippen LogP contribution in [-0.2, 0) is 11.3 Å². The highest BCUT2D eigenvalue weighted by molar-refractivity contribution is 5.79. The summed E-state index contributed by atoms with van der Waals surface area (Å²) in [5, 5.41) is 4.38. The molecule has 0 atom stereocenters. The zero-order valence-electron chi connectivity index (χ0n) is 14.1. The number of nitrogens with zero attached hydrogens (tertiary/aromatic N) is 4. The van der Waals surface area contributed by atoms with Crippen LogP contribution in [0.4, 0.5) is 0 Å². The van der Waals surface area contributed by atoms with Crippen LogP contribution in [0, 0.1) is 6.92 Å². The number of aromatic nitrogens is 2. The van der Waals surface area contributed by atoms with Gasteiger partial charge in [0.05, 0.1) is 18.8 Å². The molecule has 1 aliphatic carbocycles. The summed E-state index contributed by atoms with van der Waals surface area (Å²) in [7, 11) is 0. The molecule has 0 unspecified atom stereocenters. The highest BCUT2D eigenvalue weighted by Gasteiger charge is 2.36. The first-order valence-corrected chi connectivity index (χ1v) is 8.75. The van der Waals surface area contributed by atoms with Crippen LogP contribution in [-0.4, -0.2) is 51.2 Å². The Hall–Kier alpha value is -2.14. The minimum absolute atomic E-state index is 0.261. The Morgan fingerprint density at radius 3 is 2.62 bits per heavy atom. The van der Waals surface area contributed by atoms with Gasteiger partial charge in [-0.25, -0.2) is 0 Å². The van der Waals surface area contributed by atoms with Gasteiger partial charge in [-0.3, -0.25) is 14.4 Å². The average molecular weight is 324 g/mol. The van der Waals surface area contributed by atoms with Gasteiger partial charge in [-0.05, 0) is 30.9 Å². The van der Waals surface area contributed by atoms with Crippen LogP contribution in [0.1, 0.15) is 30.0 Å². The number of carbonyl (C=O) groups is 1. The van der Waals surface area contributed by atoms with Crippen LogP contribution < -0.4 is 0 Å². The maximum atomic E-state index is 12.7. The lowest BCUT2D eigenvalue weighted by atomic mass is 10.1. The van der Waals surface area contributed by atoms with E-state index in [1.165, 1.54) is 11.1 Å². The number of benzene rings is 1. The lowest BCUT2D eigenvalue weighted by Gasteiger charge is -2.39. The summed E-state index contributed by atoms with van der Waals surface area (Å²) in [6, 6.07) is 11.2. The molecule has 1 aromatic heterocycles. The van der Waals surface area contributed by atoms with Gasteiger partial charge >= 0.3 is 0 Å². The lowest BCUT2D eigenvalue weighted by molar-refractivity contribution is -0.135. The normalized spacial score (nSPS) is 18.4. The molecule has 0 radical (unpaired) electrons. The summed E-state index contributed by atoms with van der Waals surface area (Å²) in [6.45, 7) is 5.15. The molecule has 1 saturated carbocycles. The molecule has 2 heterocycles. The first-order valence-electron chi connectivity index (χ1n) is 8.75. The Kier molecular flexibility index (Phi) is 4.10. The molecule has 0 bridgehead atoms. The predicted molar refractivity (Wildman–Crippen MR) is 92.5 cm³/mol. The molecular formula is C19H24N4O. The zero-order valence-corrected chi connectivity index (χ0v) is 14.1. The third-order valence-corrected chi connectivity index (χ3v) is 4.91. The van der Waals surface area contributed by atoms with Crippen LogP contribution in [0.2, 0.25) is 0 Å². The minimum Gasteiger partial charge on any atom is -0.334 e. The molecular weight excluding hydrogens is 300 g/mol. The lowest BCUT2D eigenvalue weighted by Crippen LogP contribution is -2.52. The van der Waals surface area contributed by atoms with Gasteiger partial charge in [0.15, 0.2) is 0 Å². The van der Waals surface area contributed by atoms with E-state index in [0.29, 0.717) is 18.6 Å². The van der Waals surface area contributed by atoms with Gasteiger partial charge in [0.25, 0.3) is 0 Å². The smallest absolute Gasteiger partial charge is 0.237 e. The molecule has 2 aromatic rings. The van der Waals surface area contributed by atoms with Crippen LogP contribution in [0.25, 0.3) is 0 Å². The Labute approximate surface area is 142 Å². The van der Waals surface area contributed by atoms with Crippen molar-refractivity contribution in [2.24, 2.45) is 0 Å². The van der Waals surface area contributed by atoms with Gasteiger partial charge in [0.1, 0.15) is 0 Å². The third-order valence-electron chi connectivity index (χ3n) is 4.91. The standard InChI is InChI=1S/C19H24N4O/c1-15-9-20-23(10-15)18-12-21(13-18)14-19(24)22(17-7-8-17)11-16-5-3-2-4-6-16/h2-6,9-10,17-18H,7-8,11-14H2,1H3. The summed E-state index contributed by atoms with van der Waals surface area (Å²) < 4.78 is 2.03. The molecule has 0 spiro atoms. The van der Waals surface area contributed by atoms with Crippen LogP contribution in [0.15, 0.2) is 42.7 Å². The number of carbonyl (C=O) groups excluding carboxylic acids is 1. The molecule has 2 fully saturated rings. The van der Waals surface area contributed by atoms with E-state index in [2.05, 4.69) is 40.2 Å². The van der Waals surface area contributed by atoms with Crippen molar-refractivity contribution in [2.45, 2.75) is 38.4 Å². The monoisotopic (exact) mass is 324 g/mol. The molecule has 24 heavy (non-hydrogen) atoms. The summed E-state index contributed by atoms with van der Waals surface area (Å²) >= 11 is 0. The number of amides is 1. The maximum absolute atomic E-state index is 12.7. The van der Waals surface area contributed by atoms with E-state index < -0.39 is 0 Å². The van der Waals surface area contributed by atoms with E-state index in [1.807, 2.05) is 29.1 Å². The summed E-state index contributed by atoms with van der Waals surface area (Å²) in [5.74, 6) is 0.261. The summed E-state index contributed by atoms with van der Waals surface area (Å²) in [4.78, 5) is 17.0. The second-order valence-corrected chi connectivity index (χ2v) is 7.08. The number of likely N-dealkylation sites (tertiary alicyclic amines) is 1. The molecule has 2 aliphatic rings. The highest BCUT2D eigenvalue weighted by atomic mass is 16.2. The number of rotatable bonds is 6. The second kappa shape index (κ2) is 6.40. The summed E-state index contributed by atoms with van der Waals surface area (Å²) in [6.07, 6.45) is 6.26. The molecule has 1 aromatic carbocycles. The van der Waals surface area contributed by atoms with Crippen molar-refractivity contribution in [1.82, 2.24) is 19.6 Å². The minimum atomic E-state index is 0.261. The van der Waals surface area contributed by atoms with Crippen LogP contribution in [0.3, 0.4) is 0 Å². The topological polar surface area (TPSA) is 41.4 Å². The second-order valence-electron chi connectivity index (χ2n) is 7.08. The van der Waals surface area contributed by atoms with Crippen molar-refractivity contribution in [3.05, 3.63) is 53.9 Å². The van der Waals surface area contributed by atoms with Gasteiger partial charge in [-0.2, -0.15) is 5.10 Å². The van der Waals surface area contributed by atoms with Crippen molar-refractivity contribution in [3.63, 3.8) is 0 Å². The highest BCUT2D eigenvalue weighted by Crippen LogP contribution is 2.29. The molecule has 4 rings (SSSR count). The Bertz CT molecular complexity index is 701. The van der Waals surface area contributed by atoms with Crippen molar-refractivity contribution in [1.29, 1.82) is 0 Å². The van der Waals surface area contributed by atoms with Gasteiger partial charge in [0.2, 0.25) is 5.91 Å². The first kappa shape index (κ1) is 15.4. The molecule has 0 N–H and O–H groups in total. The Balaban J connectivity index is 1.32. The fraction of sp³-hybridized carbons (Fsp3) is 0.474. The molecule has 5 heteroatoms. The van der Waals surface area contributed by atoms with E-state index in [0.717, 1.165) is 32.5 Å². The van der Waals surface area contributed by atoms with E-state index in [1.54, 1.807) is 0 Å². The van der Waals surface area contributed by atoms with Gasteiger partial charge in [0, 0.05) is 31.9 Å². The zero-order chi connectivity index (χ0) is 16.5. The van der Waals surface area contributed by atoms with Crippen molar-refractivity contribution in [2.75, 3.05) is 19.6 Å². The number of aryl methyl sites for hydroxylation is 1. The summed E-state index contributed by atoms with van der Waals surface area (Å²) in [5.41, 5.74) is 2.40. The van der Waals surface area contributed by atoms with E-state index >= 15 is 0 Å². The van der Waals surface area contributed by atoms with Crippen LogP contribution in [0.5, 0.6) is 0 Å². The molecule has 126 valence electrons. The van der Waals surface area contributed by atoms with Crippen molar-refractivity contribution in [3.8, 4) is 0 Å². The maximum Gasteiger partial charge on any atom is 0.237 e. The molecule has 1 aliphatic heterocycles. The fourth-order valence-electron chi connectivity index (χ4n) is 3.34.